The number of hydrogen-bond donors (Lipinski definition) is 3. The van der Waals surface area contributed by atoms with Crippen molar-refractivity contribution < 1.29 is 18.7 Å². The molecule has 0 saturated heterocycles. The fourth-order valence-electron chi connectivity index (χ4n) is 2.68. The highest BCUT2D eigenvalue weighted by Crippen LogP contribution is 2.32. The lowest BCUT2D eigenvalue weighted by molar-refractivity contribution is -0.119. The van der Waals surface area contributed by atoms with Crippen LogP contribution in [0.3, 0.4) is 0 Å². The summed E-state index contributed by atoms with van der Waals surface area (Å²) in [6.45, 7) is 4.36. The van der Waals surface area contributed by atoms with Gasteiger partial charge >= 0.3 is 0 Å². The zero-order chi connectivity index (χ0) is 19.6. The van der Waals surface area contributed by atoms with Gasteiger partial charge in [0.15, 0.2) is 17.5 Å². The molecule has 158 valence electrons. The number of aliphatic imine (C=N–C) groups is 1. The summed E-state index contributed by atoms with van der Waals surface area (Å²) < 4.78 is 16.7. The van der Waals surface area contributed by atoms with E-state index in [2.05, 4.69) is 20.9 Å². The van der Waals surface area contributed by atoms with Crippen LogP contribution in [0, 0.1) is 0 Å². The van der Waals surface area contributed by atoms with Crippen molar-refractivity contribution in [1.82, 2.24) is 10.6 Å². The number of furan rings is 1. The van der Waals surface area contributed by atoms with Crippen LogP contribution < -0.4 is 25.4 Å². The second-order valence-corrected chi connectivity index (χ2v) is 6.21. The lowest BCUT2D eigenvalue weighted by Gasteiger charge is -2.14. The van der Waals surface area contributed by atoms with Crippen LogP contribution in [0.4, 0.5) is 5.69 Å². The third-order valence-electron chi connectivity index (χ3n) is 4.01. The standard InChI is InChI=1S/C20H26N4O4.HI/c1-2-21-19(25)14-23-20(22-9-8-16-5-3-10-26-16)24-15-6-7-17-18(13-15)28-12-4-11-27-17;/h3,5-7,10,13H,2,4,8-9,11-12,14H2,1H3,(H,21,25)(H2,22,23,24);1H. The number of likely N-dealkylation sites (N-methyl/N-ethyl adjacent to an activating group) is 1. The lowest BCUT2D eigenvalue weighted by Crippen LogP contribution is -2.34. The molecule has 1 aliphatic heterocycles. The molecule has 0 saturated carbocycles. The maximum absolute atomic E-state index is 11.8. The number of nitrogens with one attached hydrogen (secondary N) is 3. The summed E-state index contributed by atoms with van der Waals surface area (Å²) in [6, 6.07) is 9.41. The molecule has 1 aromatic heterocycles. The van der Waals surface area contributed by atoms with E-state index in [0.717, 1.165) is 23.6 Å². The minimum Gasteiger partial charge on any atom is -0.490 e. The van der Waals surface area contributed by atoms with E-state index in [-0.39, 0.29) is 36.4 Å². The lowest BCUT2D eigenvalue weighted by atomic mass is 10.2. The summed E-state index contributed by atoms with van der Waals surface area (Å²) in [5, 5.41) is 9.18. The van der Waals surface area contributed by atoms with Crippen molar-refractivity contribution in [3.05, 3.63) is 42.4 Å². The highest BCUT2D eigenvalue weighted by molar-refractivity contribution is 14.0. The fraction of sp³-hybridized carbons (Fsp3) is 0.400. The highest BCUT2D eigenvalue weighted by Gasteiger charge is 2.12. The molecule has 9 heteroatoms. The Kier molecular flexibility index (Phi) is 9.62. The first-order valence-electron chi connectivity index (χ1n) is 9.48. The van der Waals surface area contributed by atoms with E-state index in [1.165, 1.54) is 0 Å². The number of anilines is 1. The minimum absolute atomic E-state index is 0. The molecule has 2 aromatic rings. The number of nitrogens with zero attached hydrogens (tertiary/aromatic N) is 1. The third-order valence-corrected chi connectivity index (χ3v) is 4.01. The van der Waals surface area contributed by atoms with Crippen LogP contribution in [-0.4, -0.2) is 44.7 Å². The minimum atomic E-state index is -0.131. The highest BCUT2D eigenvalue weighted by atomic mass is 127. The molecule has 1 aliphatic rings. The molecular weight excluding hydrogens is 487 g/mol. The number of fused-ring (bicyclic) bond motifs is 1. The van der Waals surface area contributed by atoms with Crippen molar-refractivity contribution in [2.24, 2.45) is 4.99 Å². The molecule has 1 aromatic carbocycles. The Morgan fingerprint density at radius 2 is 1.97 bits per heavy atom. The number of carbonyl (C=O) groups excluding carboxylic acids is 1. The fourth-order valence-corrected chi connectivity index (χ4v) is 2.68. The molecule has 0 aliphatic carbocycles. The maximum Gasteiger partial charge on any atom is 0.241 e. The van der Waals surface area contributed by atoms with Gasteiger partial charge in [0.1, 0.15) is 12.3 Å². The topological polar surface area (TPSA) is 97.1 Å². The molecule has 0 bridgehead atoms. The summed E-state index contributed by atoms with van der Waals surface area (Å²) in [4.78, 5) is 16.1. The SMILES string of the molecule is CCNC(=O)CN=C(NCCc1ccco1)Nc1ccc2c(c1)OCCCO2.I. The largest absolute Gasteiger partial charge is 0.490 e. The molecule has 0 atom stereocenters. The van der Waals surface area contributed by atoms with Gasteiger partial charge in [0.05, 0.1) is 19.5 Å². The van der Waals surface area contributed by atoms with E-state index in [0.29, 0.717) is 44.4 Å². The van der Waals surface area contributed by atoms with Crippen molar-refractivity contribution >= 4 is 41.5 Å². The Bertz CT molecular complexity index is 796. The van der Waals surface area contributed by atoms with Gasteiger partial charge in [0.2, 0.25) is 5.91 Å². The van der Waals surface area contributed by atoms with Crippen molar-refractivity contribution in [3.8, 4) is 11.5 Å². The second kappa shape index (κ2) is 12.2. The molecule has 3 rings (SSSR count). The average molecular weight is 514 g/mol. The average Bonchev–Trinajstić information content (AvgIpc) is 3.10. The molecule has 0 fully saturated rings. The van der Waals surface area contributed by atoms with Crippen molar-refractivity contribution in [1.29, 1.82) is 0 Å². The van der Waals surface area contributed by atoms with E-state index in [1.807, 2.05) is 37.3 Å². The van der Waals surface area contributed by atoms with Gasteiger partial charge in [-0.2, -0.15) is 0 Å². The van der Waals surface area contributed by atoms with Gasteiger partial charge in [0.25, 0.3) is 0 Å². The quantitative estimate of drug-likeness (QED) is 0.299. The van der Waals surface area contributed by atoms with Gasteiger partial charge in [0, 0.05) is 37.7 Å². The number of guanidine groups is 1. The van der Waals surface area contributed by atoms with Gasteiger partial charge in [-0.1, -0.05) is 0 Å². The maximum atomic E-state index is 11.8. The summed E-state index contributed by atoms with van der Waals surface area (Å²) in [5.74, 6) is 2.68. The molecule has 2 heterocycles. The first-order valence-corrected chi connectivity index (χ1v) is 9.48. The second-order valence-electron chi connectivity index (χ2n) is 6.21. The Balaban J connectivity index is 0.00000300. The van der Waals surface area contributed by atoms with Gasteiger partial charge in [-0.15, -0.1) is 24.0 Å². The third kappa shape index (κ3) is 7.48. The van der Waals surface area contributed by atoms with Gasteiger partial charge < -0.3 is 29.8 Å². The smallest absolute Gasteiger partial charge is 0.241 e. The predicted octanol–water partition coefficient (Wildman–Crippen LogP) is 2.80. The van der Waals surface area contributed by atoms with E-state index >= 15 is 0 Å². The molecule has 0 unspecified atom stereocenters. The van der Waals surface area contributed by atoms with Gasteiger partial charge in [-0.05, 0) is 31.2 Å². The molecular formula is C20H27IN4O4. The van der Waals surface area contributed by atoms with Crippen LogP contribution in [0.1, 0.15) is 19.1 Å². The number of benzene rings is 1. The number of rotatable bonds is 7. The molecule has 8 nitrogen and oxygen atoms in total. The normalized spacial score (nSPS) is 13.1. The first-order chi connectivity index (χ1) is 13.7. The monoisotopic (exact) mass is 514 g/mol. The summed E-state index contributed by atoms with van der Waals surface area (Å²) >= 11 is 0. The zero-order valence-electron chi connectivity index (χ0n) is 16.4. The number of hydrogen-bond acceptors (Lipinski definition) is 5. The number of carbonyl (C=O) groups is 1. The van der Waals surface area contributed by atoms with Crippen molar-refractivity contribution in [2.45, 2.75) is 19.8 Å². The molecule has 0 radical (unpaired) electrons. The number of amides is 1. The number of ether oxygens (including phenoxy) is 2. The Morgan fingerprint density at radius 1 is 1.14 bits per heavy atom. The Labute approximate surface area is 187 Å². The van der Waals surface area contributed by atoms with E-state index < -0.39 is 0 Å². The van der Waals surface area contributed by atoms with Crippen LogP contribution in [0.5, 0.6) is 11.5 Å². The van der Waals surface area contributed by atoms with E-state index in [4.69, 9.17) is 13.9 Å². The molecule has 0 spiro atoms. The van der Waals surface area contributed by atoms with Crippen LogP contribution >= 0.6 is 24.0 Å². The Hall–Kier alpha value is -2.43. The molecule has 1 amide bonds. The van der Waals surface area contributed by atoms with Crippen LogP contribution in [0.2, 0.25) is 0 Å². The number of halogens is 1. The first kappa shape index (κ1) is 22.9. The summed E-state index contributed by atoms with van der Waals surface area (Å²) in [6.07, 6.45) is 3.20. The van der Waals surface area contributed by atoms with E-state index in [9.17, 15) is 4.79 Å². The summed E-state index contributed by atoms with van der Waals surface area (Å²) in [7, 11) is 0. The predicted molar refractivity (Wildman–Crippen MR) is 122 cm³/mol. The molecule has 3 N–H and O–H groups in total. The Morgan fingerprint density at radius 3 is 2.72 bits per heavy atom. The van der Waals surface area contributed by atoms with Crippen LogP contribution in [0.25, 0.3) is 0 Å². The molecule has 29 heavy (non-hydrogen) atoms. The van der Waals surface area contributed by atoms with Crippen molar-refractivity contribution in [3.63, 3.8) is 0 Å². The zero-order valence-corrected chi connectivity index (χ0v) is 18.7. The summed E-state index contributed by atoms with van der Waals surface area (Å²) in [5.41, 5.74) is 0.796. The van der Waals surface area contributed by atoms with Gasteiger partial charge in [-0.25, -0.2) is 4.99 Å². The van der Waals surface area contributed by atoms with E-state index in [1.54, 1.807) is 6.26 Å². The van der Waals surface area contributed by atoms with Crippen molar-refractivity contribution in [2.75, 3.05) is 38.2 Å². The van der Waals surface area contributed by atoms with Crippen LogP contribution in [-0.2, 0) is 11.2 Å². The van der Waals surface area contributed by atoms with Gasteiger partial charge in [-0.3, -0.25) is 4.79 Å². The van der Waals surface area contributed by atoms with Crippen LogP contribution in [0.15, 0.2) is 46.0 Å².